The predicted molar refractivity (Wildman–Crippen MR) is 70.5 cm³/mol. The van der Waals surface area contributed by atoms with Gasteiger partial charge in [0.1, 0.15) is 5.76 Å². The van der Waals surface area contributed by atoms with Crippen LogP contribution in [0, 0.1) is 13.8 Å². The second-order valence-electron chi connectivity index (χ2n) is 4.22. The van der Waals surface area contributed by atoms with Gasteiger partial charge in [0.25, 0.3) is 5.91 Å². The molecule has 0 atom stereocenters. The Hall–Kier alpha value is -2.07. The van der Waals surface area contributed by atoms with Gasteiger partial charge in [0.2, 0.25) is 0 Å². The van der Waals surface area contributed by atoms with Crippen molar-refractivity contribution in [2.24, 2.45) is 5.73 Å². The first-order chi connectivity index (χ1) is 8.60. The molecule has 94 valence electrons. The molecule has 0 bridgehead atoms. The van der Waals surface area contributed by atoms with Crippen LogP contribution < -0.4 is 11.1 Å². The third-order valence-electron chi connectivity index (χ3n) is 2.75. The van der Waals surface area contributed by atoms with E-state index in [1.54, 1.807) is 19.1 Å². The zero-order valence-electron chi connectivity index (χ0n) is 10.5. The van der Waals surface area contributed by atoms with Crippen LogP contribution in [0.4, 0.5) is 5.69 Å². The van der Waals surface area contributed by atoms with E-state index in [0.717, 1.165) is 16.8 Å². The molecule has 18 heavy (non-hydrogen) atoms. The van der Waals surface area contributed by atoms with Crippen molar-refractivity contribution in [3.63, 3.8) is 0 Å². The number of anilines is 1. The summed E-state index contributed by atoms with van der Waals surface area (Å²) in [5.74, 6) is 0.776. The van der Waals surface area contributed by atoms with E-state index in [-0.39, 0.29) is 5.91 Å². The van der Waals surface area contributed by atoms with E-state index in [9.17, 15) is 4.79 Å². The minimum absolute atomic E-state index is 0.250. The highest BCUT2D eigenvalue weighted by atomic mass is 16.3. The summed E-state index contributed by atoms with van der Waals surface area (Å²) in [7, 11) is 0. The summed E-state index contributed by atoms with van der Waals surface area (Å²) in [6.45, 7) is 4.18. The van der Waals surface area contributed by atoms with Crippen molar-refractivity contribution in [2.75, 3.05) is 5.32 Å². The molecule has 0 spiro atoms. The van der Waals surface area contributed by atoms with Gasteiger partial charge in [-0.15, -0.1) is 0 Å². The summed E-state index contributed by atoms with van der Waals surface area (Å²) in [5.41, 5.74) is 8.31. The maximum atomic E-state index is 11.9. The molecule has 0 fully saturated rings. The van der Waals surface area contributed by atoms with Crippen LogP contribution in [0.2, 0.25) is 0 Å². The largest absolute Gasteiger partial charge is 0.456 e. The SMILES string of the molecule is Cc1ccc(C(=O)Nc2cc(CN)ccc2C)o1. The van der Waals surface area contributed by atoms with Gasteiger partial charge in [-0.05, 0) is 43.2 Å². The number of nitrogens with one attached hydrogen (secondary N) is 1. The van der Waals surface area contributed by atoms with Crippen molar-refractivity contribution in [2.45, 2.75) is 20.4 Å². The average Bonchev–Trinajstić information content (AvgIpc) is 2.79. The Kier molecular flexibility index (Phi) is 3.48. The third-order valence-corrected chi connectivity index (χ3v) is 2.75. The molecule has 3 N–H and O–H groups in total. The van der Waals surface area contributed by atoms with E-state index >= 15 is 0 Å². The highest BCUT2D eigenvalue weighted by Gasteiger charge is 2.11. The molecule has 4 heteroatoms. The van der Waals surface area contributed by atoms with Crippen LogP contribution in [-0.4, -0.2) is 5.91 Å². The summed E-state index contributed by atoms with van der Waals surface area (Å²) in [6, 6.07) is 9.18. The quantitative estimate of drug-likeness (QED) is 0.872. The van der Waals surface area contributed by atoms with Crippen molar-refractivity contribution in [3.8, 4) is 0 Å². The Labute approximate surface area is 106 Å². The van der Waals surface area contributed by atoms with Crippen LogP contribution in [-0.2, 0) is 6.54 Å². The van der Waals surface area contributed by atoms with Crippen LogP contribution in [0.15, 0.2) is 34.7 Å². The van der Waals surface area contributed by atoms with Gasteiger partial charge in [-0.2, -0.15) is 0 Å². The summed E-state index contributed by atoms with van der Waals surface area (Å²) >= 11 is 0. The molecule has 0 aliphatic carbocycles. The third kappa shape index (κ3) is 2.60. The van der Waals surface area contributed by atoms with E-state index < -0.39 is 0 Å². The second kappa shape index (κ2) is 5.06. The molecule has 1 aromatic carbocycles. The number of amides is 1. The van der Waals surface area contributed by atoms with E-state index in [0.29, 0.717) is 18.1 Å². The molecule has 1 amide bonds. The monoisotopic (exact) mass is 244 g/mol. The summed E-state index contributed by atoms with van der Waals surface area (Å²) in [6.07, 6.45) is 0. The van der Waals surface area contributed by atoms with E-state index in [1.165, 1.54) is 0 Å². The Morgan fingerprint density at radius 3 is 2.67 bits per heavy atom. The average molecular weight is 244 g/mol. The maximum absolute atomic E-state index is 11.9. The number of hydrogen-bond donors (Lipinski definition) is 2. The summed E-state index contributed by atoms with van der Waals surface area (Å²) in [4.78, 5) is 11.9. The van der Waals surface area contributed by atoms with Crippen LogP contribution >= 0.6 is 0 Å². The van der Waals surface area contributed by atoms with E-state index in [4.69, 9.17) is 10.2 Å². The van der Waals surface area contributed by atoms with Crippen LogP contribution in [0.5, 0.6) is 0 Å². The number of furan rings is 1. The topological polar surface area (TPSA) is 68.3 Å². The minimum atomic E-state index is -0.250. The van der Waals surface area contributed by atoms with Crippen LogP contribution in [0.3, 0.4) is 0 Å². The van der Waals surface area contributed by atoms with Crippen molar-refractivity contribution < 1.29 is 9.21 Å². The van der Waals surface area contributed by atoms with Crippen molar-refractivity contribution in [3.05, 3.63) is 53.0 Å². The number of hydrogen-bond acceptors (Lipinski definition) is 3. The lowest BCUT2D eigenvalue weighted by molar-refractivity contribution is 0.0995. The first kappa shape index (κ1) is 12.4. The Balaban J connectivity index is 2.21. The molecular formula is C14H16N2O2. The van der Waals surface area contributed by atoms with E-state index in [1.807, 2.05) is 25.1 Å². The fourth-order valence-electron chi connectivity index (χ4n) is 1.67. The fourth-order valence-corrected chi connectivity index (χ4v) is 1.67. The van der Waals surface area contributed by atoms with Gasteiger partial charge in [-0.1, -0.05) is 12.1 Å². The van der Waals surface area contributed by atoms with Crippen LogP contribution in [0.1, 0.15) is 27.4 Å². The van der Waals surface area contributed by atoms with Crippen molar-refractivity contribution in [1.82, 2.24) is 0 Å². The van der Waals surface area contributed by atoms with Gasteiger partial charge >= 0.3 is 0 Å². The van der Waals surface area contributed by atoms with Gasteiger partial charge in [0, 0.05) is 12.2 Å². The van der Waals surface area contributed by atoms with Gasteiger partial charge in [0.05, 0.1) is 0 Å². The molecule has 0 radical (unpaired) electrons. The van der Waals surface area contributed by atoms with Gasteiger partial charge < -0.3 is 15.5 Å². The van der Waals surface area contributed by atoms with Crippen LogP contribution in [0.25, 0.3) is 0 Å². The summed E-state index contributed by atoms with van der Waals surface area (Å²) < 4.78 is 5.28. The zero-order valence-corrected chi connectivity index (χ0v) is 10.5. The van der Waals surface area contributed by atoms with Gasteiger partial charge in [-0.25, -0.2) is 0 Å². The molecule has 2 rings (SSSR count). The number of rotatable bonds is 3. The maximum Gasteiger partial charge on any atom is 0.291 e. The molecule has 0 saturated carbocycles. The zero-order chi connectivity index (χ0) is 13.1. The number of nitrogens with two attached hydrogens (primary N) is 1. The molecule has 0 saturated heterocycles. The standard InChI is InChI=1S/C14H16N2O2/c1-9-3-5-11(8-15)7-12(9)16-14(17)13-6-4-10(2)18-13/h3-7H,8,15H2,1-2H3,(H,16,17). The molecule has 2 aromatic rings. The molecule has 0 aliphatic heterocycles. The Morgan fingerprint density at radius 2 is 2.06 bits per heavy atom. The smallest absolute Gasteiger partial charge is 0.291 e. The normalized spacial score (nSPS) is 10.4. The lowest BCUT2D eigenvalue weighted by Gasteiger charge is -2.08. The number of benzene rings is 1. The first-order valence-electron chi connectivity index (χ1n) is 5.77. The molecule has 1 aromatic heterocycles. The Morgan fingerprint density at radius 1 is 1.28 bits per heavy atom. The van der Waals surface area contributed by atoms with E-state index in [2.05, 4.69) is 5.32 Å². The number of aryl methyl sites for hydroxylation is 2. The number of carbonyl (C=O) groups is 1. The lowest BCUT2D eigenvalue weighted by Crippen LogP contribution is -2.12. The molecule has 4 nitrogen and oxygen atoms in total. The molecule has 1 heterocycles. The fraction of sp³-hybridized carbons (Fsp3) is 0.214. The molecule has 0 aliphatic rings. The highest BCUT2D eigenvalue weighted by Crippen LogP contribution is 2.18. The van der Waals surface area contributed by atoms with Gasteiger partial charge in [-0.3, -0.25) is 4.79 Å². The van der Waals surface area contributed by atoms with Gasteiger partial charge in [0.15, 0.2) is 5.76 Å². The van der Waals surface area contributed by atoms with Crippen molar-refractivity contribution in [1.29, 1.82) is 0 Å². The lowest BCUT2D eigenvalue weighted by atomic mass is 10.1. The molecule has 0 unspecified atom stereocenters. The number of carbonyl (C=O) groups excluding carboxylic acids is 1. The first-order valence-corrected chi connectivity index (χ1v) is 5.77. The minimum Gasteiger partial charge on any atom is -0.456 e. The van der Waals surface area contributed by atoms with Crippen molar-refractivity contribution >= 4 is 11.6 Å². The second-order valence-corrected chi connectivity index (χ2v) is 4.22. The predicted octanol–water partition coefficient (Wildman–Crippen LogP) is 2.61. The Bertz CT molecular complexity index is 573. The highest BCUT2D eigenvalue weighted by molar-refractivity contribution is 6.02. The molecular weight excluding hydrogens is 228 g/mol. The summed E-state index contributed by atoms with van der Waals surface area (Å²) in [5, 5.41) is 2.83.